The van der Waals surface area contributed by atoms with E-state index < -0.39 is 6.10 Å². The van der Waals surface area contributed by atoms with Crippen LogP contribution in [-0.2, 0) is 4.74 Å². The van der Waals surface area contributed by atoms with E-state index in [1.165, 1.54) is 0 Å². The number of aliphatic hydroxyl groups is 1. The largest absolute Gasteiger partial charge is 0.387 e. The molecule has 5 heteroatoms. The molecule has 1 unspecified atom stereocenters. The Morgan fingerprint density at radius 2 is 2.05 bits per heavy atom. The van der Waals surface area contributed by atoms with Crippen LogP contribution < -0.4 is 5.32 Å². The van der Waals surface area contributed by atoms with Crippen LogP contribution in [0.15, 0.2) is 18.2 Å². The van der Waals surface area contributed by atoms with Crippen molar-refractivity contribution in [3.63, 3.8) is 0 Å². The Morgan fingerprint density at radius 1 is 1.32 bits per heavy atom. The Labute approximate surface area is 123 Å². The highest BCUT2D eigenvalue weighted by atomic mass is 35.5. The van der Waals surface area contributed by atoms with Crippen molar-refractivity contribution in [3.8, 4) is 0 Å². The van der Waals surface area contributed by atoms with Crippen LogP contribution in [0.5, 0.6) is 0 Å². The second-order valence-electron chi connectivity index (χ2n) is 4.90. The molecule has 3 nitrogen and oxygen atoms in total. The molecule has 0 bridgehead atoms. The SMILES string of the molecule is OC(CNCC1CCOCC1)c1ccc(Cl)cc1Cl. The first-order valence-corrected chi connectivity index (χ1v) is 7.34. The third kappa shape index (κ3) is 4.62. The molecular formula is C14H19Cl2NO2. The highest BCUT2D eigenvalue weighted by Gasteiger charge is 2.15. The molecule has 1 heterocycles. The summed E-state index contributed by atoms with van der Waals surface area (Å²) in [6.07, 6.45) is 1.57. The summed E-state index contributed by atoms with van der Waals surface area (Å²) in [5, 5.41) is 14.5. The molecule has 1 fully saturated rings. The van der Waals surface area contributed by atoms with E-state index in [1.807, 2.05) is 0 Å². The summed E-state index contributed by atoms with van der Waals surface area (Å²) in [5.74, 6) is 0.640. The number of rotatable bonds is 5. The predicted octanol–water partition coefficient (Wildman–Crippen LogP) is 3.04. The van der Waals surface area contributed by atoms with E-state index in [9.17, 15) is 5.11 Å². The van der Waals surface area contributed by atoms with Gasteiger partial charge in [0.2, 0.25) is 0 Å². The minimum absolute atomic E-state index is 0.499. The van der Waals surface area contributed by atoms with Gasteiger partial charge >= 0.3 is 0 Å². The van der Waals surface area contributed by atoms with E-state index in [0.717, 1.165) is 32.6 Å². The van der Waals surface area contributed by atoms with Gasteiger partial charge in [-0.05, 0) is 37.4 Å². The lowest BCUT2D eigenvalue weighted by Gasteiger charge is -2.23. The molecule has 0 saturated carbocycles. The smallest absolute Gasteiger partial charge is 0.0928 e. The van der Waals surface area contributed by atoms with Gasteiger partial charge in [-0.15, -0.1) is 0 Å². The van der Waals surface area contributed by atoms with E-state index in [-0.39, 0.29) is 0 Å². The number of halogens is 2. The van der Waals surface area contributed by atoms with Crippen molar-refractivity contribution in [2.45, 2.75) is 18.9 Å². The highest BCUT2D eigenvalue weighted by Crippen LogP contribution is 2.26. The van der Waals surface area contributed by atoms with Crippen molar-refractivity contribution in [1.82, 2.24) is 5.32 Å². The monoisotopic (exact) mass is 303 g/mol. The molecule has 0 radical (unpaired) electrons. The zero-order valence-electron chi connectivity index (χ0n) is 10.7. The standard InChI is InChI=1S/C14H19Cl2NO2/c15-11-1-2-12(13(16)7-11)14(18)9-17-8-10-3-5-19-6-4-10/h1-2,7,10,14,17-18H,3-6,8-9H2. The third-order valence-electron chi connectivity index (χ3n) is 3.43. The maximum absolute atomic E-state index is 10.1. The van der Waals surface area contributed by atoms with Crippen molar-refractivity contribution in [3.05, 3.63) is 33.8 Å². The molecule has 1 atom stereocenters. The van der Waals surface area contributed by atoms with Crippen molar-refractivity contribution < 1.29 is 9.84 Å². The number of hydrogen-bond donors (Lipinski definition) is 2. The molecule has 2 rings (SSSR count). The average Bonchev–Trinajstić information content (AvgIpc) is 2.39. The van der Waals surface area contributed by atoms with Gasteiger partial charge < -0.3 is 15.2 Å². The maximum Gasteiger partial charge on any atom is 0.0928 e. The lowest BCUT2D eigenvalue weighted by Crippen LogP contribution is -2.30. The molecule has 2 N–H and O–H groups in total. The Hall–Kier alpha value is -0.320. The normalized spacial score (nSPS) is 18.5. The summed E-state index contributed by atoms with van der Waals surface area (Å²) in [6.45, 7) is 3.10. The van der Waals surface area contributed by atoms with Crippen molar-refractivity contribution in [2.24, 2.45) is 5.92 Å². The topological polar surface area (TPSA) is 41.5 Å². The lowest BCUT2D eigenvalue weighted by atomic mass is 10.0. The fraction of sp³-hybridized carbons (Fsp3) is 0.571. The second-order valence-corrected chi connectivity index (χ2v) is 5.74. The van der Waals surface area contributed by atoms with E-state index in [4.69, 9.17) is 27.9 Å². The number of hydrogen-bond acceptors (Lipinski definition) is 3. The van der Waals surface area contributed by atoms with Gasteiger partial charge in [-0.25, -0.2) is 0 Å². The average molecular weight is 304 g/mol. The summed E-state index contributed by atoms with van der Waals surface area (Å²) in [6, 6.07) is 5.16. The Bertz CT molecular complexity index is 408. The Balaban J connectivity index is 1.78. The third-order valence-corrected chi connectivity index (χ3v) is 4.00. The molecule has 1 saturated heterocycles. The molecule has 1 aromatic carbocycles. The number of aliphatic hydroxyl groups excluding tert-OH is 1. The van der Waals surface area contributed by atoms with Gasteiger partial charge in [0.05, 0.1) is 6.10 Å². The fourth-order valence-electron chi connectivity index (χ4n) is 2.26. The summed E-state index contributed by atoms with van der Waals surface area (Å²) >= 11 is 11.9. The van der Waals surface area contributed by atoms with Crippen LogP contribution in [0.3, 0.4) is 0 Å². The second kappa shape index (κ2) is 7.46. The first-order chi connectivity index (χ1) is 9.16. The lowest BCUT2D eigenvalue weighted by molar-refractivity contribution is 0.0649. The quantitative estimate of drug-likeness (QED) is 0.878. The van der Waals surface area contributed by atoms with Crippen LogP contribution in [0, 0.1) is 5.92 Å². The Kier molecular flexibility index (Phi) is 5.92. The molecule has 0 aliphatic carbocycles. The minimum atomic E-state index is -0.607. The fourth-order valence-corrected chi connectivity index (χ4v) is 2.79. The predicted molar refractivity (Wildman–Crippen MR) is 77.8 cm³/mol. The summed E-state index contributed by atoms with van der Waals surface area (Å²) in [7, 11) is 0. The molecule has 0 aromatic heterocycles. The summed E-state index contributed by atoms with van der Waals surface area (Å²) in [4.78, 5) is 0. The van der Waals surface area contributed by atoms with Crippen molar-refractivity contribution in [2.75, 3.05) is 26.3 Å². The first-order valence-electron chi connectivity index (χ1n) is 6.58. The van der Waals surface area contributed by atoms with Crippen LogP contribution in [0.4, 0.5) is 0 Å². The molecule has 0 amide bonds. The van der Waals surface area contributed by atoms with Crippen LogP contribution in [0.25, 0.3) is 0 Å². The van der Waals surface area contributed by atoms with Gasteiger partial charge in [0, 0.05) is 35.4 Å². The number of benzene rings is 1. The first kappa shape index (κ1) is 15.1. The van der Waals surface area contributed by atoms with Crippen LogP contribution in [0.2, 0.25) is 10.0 Å². The molecule has 1 aliphatic rings. The minimum Gasteiger partial charge on any atom is -0.387 e. The molecule has 1 aromatic rings. The van der Waals surface area contributed by atoms with Crippen molar-refractivity contribution in [1.29, 1.82) is 0 Å². The van der Waals surface area contributed by atoms with Gasteiger partial charge in [0.1, 0.15) is 0 Å². The molecular weight excluding hydrogens is 285 g/mol. The van der Waals surface area contributed by atoms with Crippen LogP contribution in [0.1, 0.15) is 24.5 Å². The van der Waals surface area contributed by atoms with E-state index in [1.54, 1.807) is 18.2 Å². The van der Waals surface area contributed by atoms with E-state index >= 15 is 0 Å². The molecule has 1 aliphatic heterocycles. The number of nitrogens with one attached hydrogen (secondary N) is 1. The van der Waals surface area contributed by atoms with E-state index in [0.29, 0.717) is 28.1 Å². The molecule has 0 spiro atoms. The molecule has 106 valence electrons. The van der Waals surface area contributed by atoms with Crippen LogP contribution >= 0.6 is 23.2 Å². The zero-order chi connectivity index (χ0) is 13.7. The van der Waals surface area contributed by atoms with Gasteiger partial charge in [0.15, 0.2) is 0 Å². The summed E-state index contributed by atoms with van der Waals surface area (Å²) in [5.41, 5.74) is 0.713. The van der Waals surface area contributed by atoms with Crippen molar-refractivity contribution >= 4 is 23.2 Å². The zero-order valence-corrected chi connectivity index (χ0v) is 12.3. The maximum atomic E-state index is 10.1. The molecule has 19 heavy (non-hydrogen) atoms. The Morgan fingerprint density at radius 3 is 2.74 bits per heavy atom. The number of ether oxygens (including phenoxy) is 1. The van der Waals surface area contributed by atoms with Gasteiger partial charge in [-0.1, -0.05) is 29.3 Å². The van der Waals surface area contributed by atoms with E-state index in [2.05, 4.69) is 5.32 Å². The highest BCUT2D eigenvalue weighted by molar-refractivity contribution is 6.35. The van der Waals surface area contributed by atoms with Gasteiger partial charge in [0.25, 0.3) is 0 Å². The van der Waals surface area contributed by atoms with Gasteiger partial charge in [-0.3, -0.25) is 0 Å². The van der Waals surface area contributed by atoms with Crippen LogP contribution in [-0.4, -0.2) is 31.4 Å². The van der Waals surface area contributed by atoms with Gasteiger partial charge in [-0.2, -0.15) is 0 Å². The summed E-state index contributed by atoms with van der Waals surface area (Å²) < 4.78 is 5.32.